The van der Waals surface area contributed by atoms with Crippen LogP contribution in [0.1, 0.15) is 72.6 Å². The number of aryl methyl sites for hydroxylation is 1. The summed E-state index contributed by atoms with van der Waals surface area (Å²) in [6.45, 7) is 15.3. The molecule has 0 aliphatic carbocycles. The predicted octanol–water partition coefficient (Wildman–Crippen LogP) is 7.48. The first-order chi connectivity index (χ1) is 17.2. The second kappa shape index (κ2) is 19.0. The van der Waals surface area contributed by atoms with Crippen molar-refractivity contribution in [1.29, 1.82) is 0 Å². The maximum atomic E-state index is 11.0. The number of carbonyl (C=O) groups is 3. The van der Waals surface area contributed by atoms with Crippen LogP contribution >= 0.6 is 0 Å². The van der Waals surface area contributed by atoms with Gasteiger partial charge in [0, 0.05) is 0 Å². The minimum atomic E-state index is -0.708. The predicted molar refractivity (Wildman–Crippen MR) is 155 cm³/mol. The smallest absolute Gasteiger partial charge is 0.307 e. The summed E-state index contributed by atoms with van der Waals surface area (Å²) in [7, 11) is 0. The monoisotopic (exact) mass is 530 g/mol. The number of carboxylic acid groups (broad SMARTS) is 3. The Bertz CT molecular complexity index is 932. The van der Waals surface area contributed by atoms with E-state index in [1.807, 2.05) is 103 Å². The van der Waals surface area contributed by atoms with Gasteiger partial charge in [-0.1, -0.05) is 116 Å². The second-order valence-electron chi connectivity index (χ2n) is 10.6. The number of aliphatic carboxylic acids is 3. The van der Waals surface area contributed by atoms with Gasteiger partial charge in [-0.15, -0.1) is 0 Å². The summed E-state index contributed by atoms with van der Waals surface area (Å²) in [5.74, 6) is -2.31. The Kier molecular flexibility index (Phi) is 18.5. The van der Waals surface area contributed by atoms with Crippen LogP contribution in [0.15, 0.2) is 54.6 Å². The van der Waals surface area contributed by atoms with E-state index in [9.17, 15) is 14.4 Å². The molecule has 0 saturated heterocycles. The molecule has 2 aromatic carbocycles. The molecular weight excluding hydrogens is 480 g/mol. The van der Waals surface area contributed by atoms with Crippen LogP contribution in [0.4, 0.5) is 0 Å². The lowest BCUT2D eigenvalue weighted by Crippen LogP contribution is -2.22. The molecule has 0 spiro atoms. The summed E-state index contributed by atoms with van der Waals surface area (Å²) in [6.07, 6.45) is 1.24. The van der Waals surface area contributed by atoms with Gasteiger partial charge in [-0.05, 0) is 48.6 Å². The van der Waals surface area contributed by atoms with E-state index in [2.05, 4.69) is 0 Å². The number of benzene rings is 2. The van der Waals surface area contributed by atoms with Crippen LogP contribution in [0.3, 0.4) is 0 Å². The Morgan fingerprint density at radius 2 is 0.947 bits per heavy atom. The third-order valence-corrected chi connectivity index (χ3v) is 6.51. The second-order valence-corrected chi connectivity index (χ2v) is 10.6. The zero-order valence-corrected chi connectivity index (χ0v) is 23.6. The summed E-state index contributed by atoms with van der Waals surface area (Å²) < 4.78 is 0. The Balaban J connectivity index is 0. The summed E-state index contributed by atoms with van der Waals surface area (Å²) in [6, 6.07) is 17.8. The van der Waals surface area contributed by atoms with Crippen LogP contribution in [-0.2, 0) is 27.2 Å². The molecule has 2 rings (SSSR count). The largest absolute Gasteiger partial charge is 0.481 e. The maximum Gasteiger partial charge on any atom is 0.307 e. The summed E-state index contributed by atoms with van der Waals surface area (Å²) in [4.78, 5) is 32.1. The van der Waals surface area contributed by atoms with E-state index in [4.69, 9.17) is 15.3 Å². The molecule has 0 saturated carbocycles. The molecule has 0 aliphatic heterocycles. The Morgan fingerprint density at radius 1 is 0.579 bits per heavy atom. The number of hydrogen-bond acceptors (Lipinski definition) is 3. The molecule has 0 fully saturated rings. The lowest BCUT2D eigenvalue weighted by Gasteiger charge is -2.16. The molecule has 38 heavy (non-hydrogen) atoms. The van der Waals surface area contributed by atoms with Crippen LogP contribution < -0.4 is 0 Å². The molecule has 0 unspecified atom stereocenters. The number of hydrogen-bond donors (Lipinski definition) is 3. The standard InChI is InChI=1S/C13H18O2.C12H16O2.C6H12O2.CH4/c1-9(2)12(13(14)15)8-11-6-4-10(3)5-7-11;1-9(2)11(12(13)14)8-10-6-4-3-5-7-10;1-4(2)5(3)6(7)8;/h4-7,9,12H,8H2,1-3H3,(H,14,15);3-7,9,11H,8H2,1-2H3,(H,13,14);4-5H,1-3H3,(H,7,8);1H4/t12-;11-;5-;/m111./s1. The fourth-order valence-corrected chi connectivity index (χ4v) is 3.35. The van der Waals surface area contributed by atoms with Crippen molar-refractivity contribution >= 4 is 17.9 Å². The minimum Gasteiger partial charge on any atom is -0.481 e. The van der Waals surface area contributed by atoms with E-state index in [0.717, 1.165) is 11.1 Å². The van der Waals surface area contributed by atoms with Crippen molar-refractivity contribution in [3.05, 3.63) is 71.3 Å². The van der Waals surface area contributed by atoms with Crippen molar-refractivity contribution in [2.45, 2.75) is 75.7 Å². The third-order valence-electron chi connectivity index (χ3n) is 6.51. The molecule has 0 amide bonds. The highest BCUT2D eigenvalue weighted by atomic mass is 16.4. The molecule has 3 N–H and O–H groups in total. The van der Waals surface area contributed by atoms with Gasteiger partial charge in [0.2, 0.25) is 0 Å². The van der Waals surface area contributed by atoms with Crippen molar-refractivity contribution < 1.29 is 29.7 Å². The molecule has 214 valence electrons. The zero-order valence-electron chi connectivity index (χ0n) is 23.6. The van der Waals surface area contributed by atoms with Gasteiger partial charge >= 0.3 is 17.9 Å². The lowest BCUT2D eigenvalue weighted by atomic mass is 9.89. The average Bonchev–Trinajstić information content (AvgIpc) is 2.82. The number of rotatable bonds is 10. The molecule has 0 bridgehead atoms. The van der Waals surface area contributed by atoms with Crippen molar-refractivity contribution in [2.75, 3.05) is 0 Å². The van der Waals surface area contributed by atoms with E-state index in [1.54, 1.807) is 6.92 Å². The van der Waals surface area contributed by atoms with Gasteiger partial charge < -0.3 is 15.3 Å². The van der Waals surface area contributed by atoms with Crippen LogP contribution in [0.2, 0.25) is 0 Å². The topological polar surface area (TPSA) is 112 Å². The van der Waals surface area contributed by atoms with Crippen LogP contribution in [0.25, 0.3) is 0 Å². The SMILES string of the molecule is C.CC(C)[C@@H](C)C(=O)O.CC(C)[C@@H](Cc1ccccc1)C(=O)O.Cc1ccc(C[C@@H](C(=O)O)C(C)C)cc1. The molecule has 6 nitrogen and oxygen atoms in total. The van der Waals surface area contributed by atoms with Gasteiger partial charge in [0.15, 0.2) is 0 Å². The first-order valence-electron chi connectivity index (χ1n) is 12.9. The Hall–Kier alpha value is -3.15. The molecule has 0 aliphatic rings. The average molecular weight is 531 g/mol. The highest BCUT2D eigenvalue weighted by Crippen LogP contribution is 2.18. The highest BCUT2D eigenvalue weighted by molar-refractivity contribution is 5.71. The molecule has 0 radical (unpaired) electrons. The quantitative estimate of drug-likeness (QED) is 0.293. The minimum absolute atomic E-state index is 0. The van der Waals surface area contributed by atoms with Crippen molar-refractivity contribution in [1.82, 2.24) is 0 Å². The Morgan fingerprint density at radius 3 is 1.21 bits per heavy atom. The van der Waals surface area contributed by atoms with Crippen LogP contribution in [0.5, 0.6) is 0 Å². The molecular formula is C32H50O6. The van der Waals surface area contributed by atoms with Crippen LogP contribution in [0, 0.1) is 42.4 Å². The normalized spacial score (nSPS) is 12.7. The fourth-order valence-electron chi connectivity index (χ4n) is 3.35. The van der Waals surface area contributed by atoms with Crippen molar-refractivity contribution in [3.63, 3.8) is 0 Å². The van der Waals surface area contributed by atoms with Gasteiger partial charge in [0.1, 0.15) is 0 Å². The van der Waals surface area contributed by atoms with Gasteiger partial charge in [0.25, 0.3) is 0 Å². The molecule has 2 aromatic rings. The van der Waals surface area contributed by atoms with Crippen LogP contribution in [-0.4, -0.2) is 33.2 Å². The van der Waals surface area contributed by atoms with E-state index < -0.39 is 17.9 Å². The van der Waals surface area contributed by atoms with E-state index in [-0.39, 0.29) is 42.9 Å². The van der Waals surface area contributed by atoms with Gasteiger partial charge in [-0.2, -0.15) is 0 Å². The number of carboxylic acids is 3. The highest BCUT2D eigenvalue weighted by Gasteiger charge is 2.22. The zero-order chi connectivity index (χ0) is 28.7. The van der Waals surface area contributed by atoms with Gasteiger partial charge in [-0.3, -0.25) is 14.4 Å². The molecule has 0 aromatic heterocycles. The first-order valence-corrected chi connectivity index (χ1v) is 12.9. The Labute approximate surface area is 230 Å². The molecule has 6 heteroatoms. The van der Waals surface area contributed by atoms with Gasteiger partial charge in [-0.25, -0.2) is 0 Å². The van der Waals surface area contributed by atoms with Crippen molar-refractivity contribution in [3.8, 4) is 0 Å². The van der Waals surface area contributed by atoms with Crippen molar-refractivity contribution in [2.24, 2.45) is 35.5 Å². The summed E-state index contributed by atoms with van der Waals surface area (Å²) in [5, 5.41) is 26.4. The summed E-state index contributed by atoms with van der Waals surface area (Å²) >= 11 is 0. The van der Waals surface area contributed by atoms with E-state index in [1.165, 1.54) is 5.56 Å². The van der Waals surface area contributed by atoms with E-state index >= 15 is 0 Å². The van der Waals surface area contributed by atoms with Gasteiger partial charge in [0.05, 0.1) is 17.8 Å². The summed E-state index contributed by atoms with van der Waals surface area (Å²) in [5.41, 5.74) is 3.39. The third kappa shape index (κ3) is 15.2. The fraction of sp³-hybridized carbons (Fsp3) is 0.531. The maximum absolute atomic E-state index is 11.0. The molecule has 0 heterocycles. The van der Waals surface area contributed by atoms with E-state index in [0.29, 0.717) is 12.8 Å². The first kappa shape index (κ1) is 37.0. The molecule has 3 atom stereocenters. The lowest BCUT2D eigenvalue weighted by molar-refractivity contribution is -0.144.